The first kappa shape index (κ1) is 25.0. The van der Waals surface area contributed by atoms with Gasteiger partial charge in [0.25, 0.3) is 0 Å². The molecule has 3 aromatic rings. The number of thiophene rings is 1. The number of aromatic nitrogens is 3. The zero-order valence-electron chi connectivity index (χ0n) is 19.6. The molecule has 3 heterocycles. The van der Waals surface area contributed by atoms with Gasteiger partial charge in [0, 0.05) is 32.4 Å². The smallest absolute Gasteiger partial charge is 0.225 e. The fraction of sp³-hybridized carbons (Fsp3) is 0.400. The maximum atomic E-state index is 10.5. The Morgan fingerprint density at radius 1 is 1.14 bits per heavy atom. The van der Waals surface area contributed by atoms with E-state index in [1.807, 2.05) is 37.3 Å². The van der Waals surface area contributed by atoms with Gasteiger partial charge in [0.1, 0.15) is 11.9 Å². The van der Waals surface area contributed by atoms with Gasteiger partial charge in [0.15, 0.2) is 0 Å². The number of hydrogen-bond acceptors (Lipinski definition) is 10. The number of anilines is 2. The summed E-state index contributed by atoms with van der Waals surface area (Å²) in [7, 11) is 1.62. The van der Waals surface area contributed by atoms with E-state index in [0.29, 0.717) is 42.6 Å². The third kappa shape index (κ3) is 5.96. The van der Waals surface area contributed by atoms with Crippen LogP contribution in [-0.4, -0.2) is 75.4 Å². The number of nitrogens with zero attached hydrogens (tertiary/aromatic N) is 3. The molecule has 9 nitrogen and oxygen atoms in total. The highest BCUT2D eigenvalue weighted by molar-refractivity contribution is 7.16. The Hall–Kier alpha value is -3.07. The van der Waals surface area contributed by atoms with Gasteiger partial charge in [0.05, 0.1) is 45.5 Å². The molecule has 5 N–H and O–H groups in total. The lowest BCUT2D eigenvalue weighted by Gasteiger charge is -2.20. The summed E-state index contributed by atoms with van der Waals surface area (Å²) in [5.74, 6) is 6.85. The molecule has 1 fully saturated rings. The van der Waals surface area contributed by atoms with Crippen molar-refractivity contribution < 1.29 is 20.1 Å². The Bertz CT molecular complexity index is 1190. The van der Waals surface area contributed by atoms with Crippen molar-refractivity contribution in [2.24, 2.45) is 5.92 Å². The van der Waals surface area contributed by atoms with Crippen molar-refractivity contribution in [3.05, 3.63) is 52.7 Å². The summed E-state index contributed by atoms with van der Waals surface area (Å²) in [6.45, 7) is 2.67. The number of hydrogen-bond donors (Lipinski definition) is 5. The van der Waals surface area contributed by atoms with Gasteiger partial charge in [-0.05, 0) is 37.6 Å². The first-order valence-corrected chi connectivity index (χ1v) is 12.2. The van der Waals surface area contributed by atoms with Gasteiger partial charge in [0.2, 0.25) is 5.95 Å². The van der Waals surface area contributed by atoms with Crippen LogP contribution in [0.5, 0.6) is 0 Å². The summed E-state index contributed by atoms with van der Waals surface area (Å²) in [6.07, 6.45) is 0.119. The van der Waals surface area contributed by atoms with E-state index < -0.39 is 24.2 Å². The van der Waals surface area contributed by atoms with Crippen LogP contribution >= 0.6 is 11.3 Å². The number of aryl methyl sites for hydroxylation is 1. The molecule has 4 atom stereocenters. The van der Waals surface area contributed by atoms with Gasteiger partial charge in [-0.2, -0.15) is 4.98 Å². The van der Waals surface area contributed by atoms with Crippen molar-refractivity contribution in [2.45, 2.75) is 31.6 Å². The molecule has 0 bridgehead atoms. The lowest BCUT2D eigenvalue weighted by Crippen LogP contribution is -2.36. The van der Waals surface area contributed by atoms with Gasteiger partial charge in [-0.25, -0.2) is 4.98 Å². The van der Waals surface area contributed by atoms with Gasteiger partial charge in [-0.3, -0.25) is 4.98 Å². The first-order valence-electron chi connectivity index (χ1n) is 11.4. The zero-order valence-corrected chi connectivity index (χ0v) is 20.4. The van der Waals surface area contributed by atoms with Gasteiger partial charge >= 0.3 is 0 Å². The van der Waals surface area contributed by atoms with Crippen molar-refractivity contribution in [3.8, 4) is 22.4 Å². The van der Waals surface area contributed by atoms with Crippen molar-refractivity contribution >= 4 is 23.1 Å². The van der Waals surface area contributed by atoms with E-state index in [9.17, 15) is 15.3 Å². The van der Waals surface area contributed by atoms with Gasteiger partial charge in [-0.15, -0.1) is 11.3 Å². The summed E-state index contributed by atoms with van der Waals surface area (Å²) >= 11 is 1.55. The summed E-state index contributed by atoms with van der Waals surface area (Å²) in [5.41, 5.74) is 2.17. The Morgan fingerprint density at radius 2 is 2.00 bits per heavy atom. The van der Waals surface area contributed by atoms with Crippen LogP contribution in [0.15, 0.2) is 36.5 Å². The SMILES string of the molecule is COCCNc1nc(C)c(C#Cc2ccc(-c3ccccn3)s2)c(N[C@@H]2C[C@H](CO)[C@@H](O)[C@H]2O)n1. The van der Waals surface area contributed by atoms with Crippen LogP contribution < -0.4 is 10.6 Å². The minimum atomic E-state index is -1.04. The molecule has 184 valence electrons. The number of aliphatic hydroxyl groups is 3. The molecule has 0 spiro atoms. The average Bonchev–Trinajstić information content (AvgIpc) is 3.44. The van der Waals surface area contributed by atoms with Crippen LogP contribution in [0.25, 0.3) is 10.6 Å². The highest BCUT2D eigenvalue weighted by atomic mass is 32.1. The predicted molar refractivity (Wildman–Crippen MR) is 135 cm³/mol. The number of rotatable bonds is 8. The molecule has 35 heavy (non-hydrogen) atoms. The third-order valence-electron chi connectivity index (χ3n) is 5.87. The fourth-order valence-electron chi connectivity index (χ4n) is 3.97. The van der Waals surface area contributed by atoms with E-state index in [0.717, 1.165) is 15.4 Å². The largest absolute Gasteiger partial charge is 0.396 e. The van der Waals surface area contributed by atoms with Crippen LogP contribution in [0, 0.1) is 24.7 Å². The molecule has 0 amide bonds. The number of pyridine rings is 1. The first-order chi connectivity index (χ1) is 17.0. The molecular formula is C25H29N5O4S. The number of nitrogens with one attached hydrogen (secondary N) is 2. The summed E-state index contributed by atoms with van der Waals surface area (Å²) < 4.78 is 5.08. The number of ether oxygens (including phenoxy) is 1. The highest BCUT2D eigenvalue weighted by Gasteiger charge is 2.41. The van der Waals surface area contributed by atoms with E-state index in [4.69, 9.17) is 4.74 Å². The predicted octanol–water partition coefficient (Wildman–Crippen LogP) is 1.88. The third-order valence-corrected chi connectivity index (χ3v) is 6.89. The maximum Gasteiger partial charge on any atom is 0.225 e. The van der Waals surface area contributed by atoms with E-state index in [-0.39, 0.29) is 6.61 Å². The lowest BCUT2D eigenvalue weighted by molar-refractivity contribution is 0.00445. The molecule has 1 aliphatic carbocycles. The second kappa shape index (κ2) is 11.6. The lowest BCUT2D eigenvalue weighted by atomic mass is 10.1. The van der Waals surface area contributed by atoms with Crippen molar-refractivity contribution in [3.63, 3.8) is 0 Å². The Balaban J connectivity index is 1.63. The maximum absolute atomic E-state index is 10.5. The van der Waals surface area contributed by atoms with E-state index >= 15 is 0 Å². The molecule has 0 unspecified atom stereocenters. The summed E-state index contributed by atoms with van der Waals surface area (Å²) in [6, 6.07) is 9.25. The monoisotopic (exact) mass is 495 g/mol. The van der Waals surface area contributed by atoms with Gasteiger partial charge in [-0.1, -0.05) is 17.9 Å². The summed E-state index contributed by atoms with van der Waals surface area (Å²) in [5, 5.41) is 36.6. The van der Waals surface area contributed by atoms with Crippen molar-refractivity contribution in [1.29, 1.82) is 0 Å². The zero-order chi connectivity index (χ0) is 24.8. The Morgan fingerprint density at radius 3 is 2.71 bits per heavy atom. The molecule has 1 aliphatic rings. The topological polar surface area (TPSA) is 133 Å². The van der Waals surface area contributed by atoms with E-state index in [1.165, 1.54) is 0 Å². The molecule has 3 aromatic heterocycles. The highest BCUT2D eigenvalue weighted by Crippen LogP contribution is 2.30. The quantitative estimate of drug-likeness (QED) is 0.235. The molecule has 4 rings (SSSR count). The standard InChI is InChI=1S/C25H29N5O4S/c1-15-18(8-6-17-7-9-21(35-17)19-5-3-4-10-26-19)24(30-25(28-15)27-11-12-34-2)29-20-13-16(14-31)22(32)23(20)33/h3-5,7,9-10,16,20,22-23,31-33H,11-14H2,1-2H3,(H2,27,28,29,30)/t16-,20-,22-,23+/m1/s1. The second-order valence-electron chi connectivity index (χ2n) is 8.32. The van der Waals surface area contributed by atoms with Crippen LogP contribution in [0.3, 0.4) is 0 Å². The number of methoxy groups -OCH3 is 1. The molecule has 10 heteroatoms. The fourth-order valence-corrected chi connectivity index (χ4v) is 4.81. The molecular weight excluding hydrogens is 466 g/mol. The van der Waals surface area contributed by atoms with Crippen LogP contribution in [0.2, 0.25) is 0 Å². The Labute approximate surface area is 208 Å². The molecule has 0 saturated heterocycles. The van der Waals surface area contributed by atoms with Crippen molar-refractivity contribution in [2.75, 3.05) is 37.5 Å². The Kier molecular flexibility index (Phi) is 8.28. The average molecular weight is 496 g/mol. The minimum absolute atomic E-state index is 0.202. The van der Waals surface area contributed by atoms with Crippen molar-refractivity contribution in [1.82, 2.24) is 15.0 Å². The number of aliphatic hydroxyl groups excluding tert-OH is 3. The molecule has 0 aliphatic heterocycles. The molecule has 1 saturated carbocycles. The normalized spacial score (nSPS) is 21.4. The minimum Gasteiger partial charge on any atom is -0.396 e. The second-order valence-corrected chi connectivity index (χ2v) is 9.40. The van der Waals surface area contributed by atoms with Crippen LogP contribution in [-0.2, 0) is 4.74 Å². The van der Waals surface area contributed by atoms with Gasteiger partial charge < -0.3 is 30.7 Å². The molecule has 0 radical (unpaired) electrons. The van der Waals surface area contributed by atoms with E-state index in [1.54, 1.807) is 24.6 Å². The van der Waals surface area contributed by atoms with E-state index in [2.05, 4.69) is 37.4 Å². The van der Waals surface area contributed by atoms with Crippen LogP contribution in [0.4, 0.5) is 11.8 Å². The van der Waals surface area contributed by atoms with Crippen LogP contribution in [0.1, 0.15) is 22.6 Å². The molecule has 0 aromatic carbocycles. The summed E-state index contributed by atoms with van der Waals surface area (Å²) in [4.78, 5) is 15.4.